The lowest BCUT2D eigenvalue weighted by Crippen LogP contribution is -2.33. The molecule has 0 aromatic rings. The minimum Gasteiger partial charge on any atom is -0.395 e. The highest BCUT2D eigenvalue weighted by Gasteiger charge is 2.23. The van der Waals surface area contributed by atoms with Crippen LogP contribution in [0.1, 0.15) is 45.4 Å². The summed E-state index contributed by atoms with van der Waals surface area (Å²) in [6, 6.07) is 0. The van der Waals surface area contributed by atoms with Crippen molar-refractivity contribution >= 4 is 5.91 Å². The van der Waals surface area contributed by atoms with Crippen molar-refractivity contribution < 1.29 is 9.90 Å². The Morgan fingerprint density at radius 1 is 1.47 bits per heavy atom. The van der Waals surface area contributed by atoms with E-state index in [9.17, 15) is 4.79 Å². The molecule has 1 aliphatic rings. The molecule has 15 heavy (non-hydrogen) atoms. The fourth-order valence-corrected chi connectivity index (χ4v) is 2.43. The fraction of sp³-hybridized carbons (Fsp3) is 0.917. The van der Waals surface area contributed by atoms with Gasteiger partial charge in [-0.2, -0.15) is 0 Å². The maximum absolute atomic E-state index is 11.7. The van der Waals surface area contributed by atoms with Gasteiger partial charge in [-0.15, -0.1) is 0 Å². The summed E-state index contributed by atoms with van der Waals surface area (Å²) in [4.78, 5) is 11.7. The largest absolute Gasteiger partial charge is 0.395 e. The predicted molar refractivity (Wildman–Crippen MR) is 60.5 cm³/mol. The topological polar surface area (TPSA) is 49.3 Å². The molecule has 1 amide bonds. The summed E-state index contributed by atoms with van der Waals surface area (Å²) >= 11 is 0. The number of rotatable bonds is 6. The van der Waals surface area contributed by atoms with Gasteiger partial charge in [0, 0.05) is 12.5 Å². The van der Waals surface area contributed by atoms with Crippen LogP contribution in [-0.4, -0.2) is 24.2 Å². The summed E-state index contributed by atoms with van der Waals surface area (Å²) in [6.45, 7) is 2.49. The zero-order valence-electron chi connectivity index (χ0n) is 9.67. The summed E-state index contributed by atoms with van der Waals surface area (Å²) in [7, 11) is 0. The minimum absolute atomic E-state index is 0.0333. The van der Waals surface area contributed by atoms with E-state index in [0.29, 0.717) is 6.54 Å². The molecule has 0 aromatic heterocycles. The Morgan fingerprint density at radius 2 is 2.13 bits per heavy atom. The van der Waals surface area contributed by atoms with Gasteiger partial charge in [0.05, 0.1) is 6.61 Å². The van der Waals surface area contributed by atoms with E-state index in [2.05, 4.69) is 12.2 Å². The first-order chi connectivity index (χ1) is 7.27. The van der Waals surface area contributed by atoms with Crippen LogP contribution in [0.2, 0.25) is 0 Å². The zero-order valence-corrected chi connectivity index (χ0v) is 9.67. The number of hydrogen-bond donors (Lipinski definition) is 2. The number of hydrogen-bond acceptors (Lipinski definition) is 2. The van der Waals surface area contributed by atoms with E-state index >= 15 is 0 Å². The summed E-state index contributed by atoms with van der Waals surface area (Å²) in [6.07, 6.45) is 7.20. The number of amides is 1. The highest BCUT2D eigenvalue weighted by Crippen LogP contribution is 2.31. The normalized spacial score (nSPS) is 19.1. The monoisotopic (exact) mass is 213 g/mol. The summed E-state index contributed by atoms with van der Waals surface area (Å²) in [5.74, 6) is 1.04. The van der Waals surface area contributed by atoms with Crippen LogP contribution < -0.4 is 5.32 Å². The molecule has 1 rings (SSSR count). The second kappa shape index (κ2) is 6.83. The van der Waals surface area contributed by atoms with E-state index in [1.807, 2.05) is 0 Å². The third kappa shape index (κ3) is 4.20. The molecule has 0 bridgehead atoms. The van der Waals surface area contributed by atoms with Gasteiger partial charge < -0.3 is 10.4 Å². The first-order valence-electron chi connectivity index (χ1n) is 6.16. The van der Waals surface area contributed by atoms with Gasteiger partial charge in [0.15, 0.2) is 0 Å². The average molecular weight is 213 g/mol. The molecule has 0 aliphatic heterocycles. The maximum atomic E-state index is 11.7. The molecule has 88 valence electrons. The van der Waals surface area contributed by atoms with E-state index in [1.165, 1.54) is 25.7 Å². The van der Waals surface area contributed by atoms with E-state index in [4.69, 9.17) is 5.11 Å². The molecule has 0 aromatic carbocycles. The van der Waals surface area contributed by atoms with Gasteiger partial charge >= 0.3 is 0 Å². The van der Waals surface area contributed by atoms with Gasteiger partial charge in [0.2, 0.25) is 5.91 Å². The van der Waals surface area contributed by atoms with Gasteiger partial charge in [-0.1, -0.05) is 32.6 Å². The number of nitrogens with one attached hydrogen (secondary N) is 1. The molecule has 1 saturated carbocycles. The van der Waals surface area contributed by atoms with Crippen molar-refractivity contribution in [1.82, 2.24) is 5.32 Å². The highest BCUT2D eigenvalue weighted by molar-refractivity contribution is 5.78. The Labute approximate surface area is 92.3 Å². The van der Waals surface area contributed by atoms with Gasteiger partial charge in [-0.3, -0.25) is 4.79 Å². The van der Waals surface area contributed by atoms with Gasteiger partial charge in [-0.25, -0.2) is 0 Å². The highest BCUT2D eigenvalue weighted by atomic mass is 16.3. The molecule has 3 heteroatoms. The smallest absolute Gasteiger partial charge is 0.223 e. The second-order valence-electron chi connectivity index (χ2n) is 4.51. The Kier molecular flexibility index (Phi) is 5.69. The Balaban J connectivity index is 2.29. The average Bonchev–Trinajstić information content (AvgIpc) is 2.75. The fourth-order valence-electron chi connectivity index (χ4n) is 2.43. The van der Waals surface area contributed by atoms with E-state index in [0.717, 1.165) is 18.8 Å². The quantitative estimate of drug-likeness (QED) is 0.705. The van der Waals surface area contributed by atoms with Crippen molar-refractivity contribution in [2.24, 2.45) is 11.8 Å². The van der Waals surface area contributed by atoms with Gasteiger partial charge in [-0.05, 0) is 18.8 Å². The van der Waals surface area contributed by atoms with Crippen molar-refractivity contribution in [1.29, 1.82) is 0 Å². The molecular formula is C12H23NO2. The van der Waals surface area contributed by atoms with Crippen molar-refractivity contribution in [3.8, 4) is 0 Å². The van der Waals surface area contributed by atoms with Crippen molar-refractivity contribution in [2.45, 2.75) is 45.4 Å². The lowest BCUT2D eigenvalue weighted by Gasteiger charge is -2.18. The lowest BCUT2D eigenvalue weighted by molar-refractivity contribution is -0.125. The number of aliphatic hydroxyl groups is 1. The second-order valence-corrected chi connectivity index (χ2v) is 4.51. The molecule has 0 saturated heterocycles. The van der Waals surface area contributed by atoms with Gasteiger partial charge in [0.1, 0.15) is 0 Å². The van der Waals surface area contributed by atoms with Gasteiger partial charge in [0.25, 0.3) is 0 Å². The first-order valence-corrected chi connectivity index (χ1v) is 6.16. The molecule has 1 atom stereocenters. The van der Waals surface area contributed by atoms with Crippen LogP contribution in [0.4, 0.5) is 0 Å². The summed E-state index contributed by atoms with van der Waals surface area (Å²) < 4.78 is 0. The van der Waals surface area contributed by atoms with Crippen LogP contribution in [0.25, 0.3) is 0 Å². The van der Waals surface area contributed by atoms with Crippen LogP contribution in [0.5, 0.6) is 0 Å². The summed E-state index contributed by atoms with van der Waals surface area (Å²) in [5.41, 5.74) is 0. The molecule has 1 aliphatic carbocycles. The molecule has 0 heterocycles. The molecule has 0 spiro atoms. The molecule has 0 radical (unpaired) electrons. The number of carbonyl (C=O) groups excluding carboxylic acids is 1. The van der Waals surface area contributed by atoms with Crippen LogP contribution in [0.15, 0.2) is 0 Å². The van der Waals surface area contributed by atoms with Crippen LogP contribution >= 0.6 is 0 Å². The third-order valence-electron chi connectivity index (χ3n) is 3.37. The van der Waals surface area contributed by atoms with E-state index in [-0.39, 0.29) is 18.4 Å². The zero-order chi connectivity index (χ0) is 11.1. The van der Waals surface area contributed by atoms with Crippen molar-refractivity contribution in [3.05, 3.63) is 0 Å². The maximum Gasteiger partial charge on any atom is 0.223 e. The lowest BCUT2D eigenvalue weighted by atomic mass is 9.91. The molecule has 1 fully saturated rings. The van der Waals surface area contributed by atoms with E-state index < -0.39 is 0 Å². The van der Waals surface area contributed by atoms with Crippen molar-refractivity contribution in [2.75, 3.05) is 13.2 Å². The Bertz CT molecular complexity index is 188. The SMILES string of the molecule is CCC(CC1CCCC1)C(=O)NCCO. The van der Waals surface area contributed by atoms with Crippen molar-refractivity contribution in [3.63, 3.8) is 0 Å². The number of carbonyl (C=O) groups is 1. The Hall–Kier alpha value is -0.570. The first kappa shape index (κ1) is 12.5. The van der Waals surface area contributed by atoms with Crippen LogP contribution in [0, 0.1) is 11.8 Å². The summed E-state index contributed by atoms with van der Waals surface area (Å²) in [5, 5.41) is 11.4. The standard InChI is InChI=1S/C12H23NO2/c1-2-11(12(15)13-7-8-14)9-10-5-3-4-6-10/h10-11,14H,2-9H2,1H3,(H,13,15). The van der Waals surface area contributed by atoms with Crippen LogP contribution in [-0.2, 0) is 4.79 Å². The van der Waals surface area contributed by atoms with Crippen LogP contribution in [0.3, 0.4) is 0 Å². The Morgan fingerprint density at radius 3 is 2.67 bits per heavy atom. The molecule has 1 unspecified atom stereocenters. The third-order valence-corrected chi connectivity index (χ3v) is 3.37. The molecular weight excluding hydrogens is 190 g/mol. The predicted octanol–water partition coefficient (Wildman–Crippen LogP) is 1.70. The molecule has 3 nitrogen and oxygen atoms in total. The molecule has 2 N–H and O–H groups in total. The van der Waals surface area contributed by atoms with E-state index in [1.54, 1.807) is 0 Å². The number of aliphatic hydroxyl groups excluding tert-OH is 1. The minimum atomic E-state index is 0.0333.